The number of ether oxygens (including phenoxy) is 1. The molecule has 0 atom stereocenters. The van der Waals surface area contributed by atoms with E-state index < -0.39 is 18.5 Å². The average Bonchev–Trinajstić information content (AvgIpc) is 2.55. The largest absolute Gasteiger partial charge is 0.507 e. The molecule has 0 aliphatic carbocycles. The summed E-state index contributed by atoms with van der Waals surface area (Å²) in [6.07, 6.45) is 0. The first-order valence-corrected chi connectivity index (χ1v) is 8.01. The molecule has 2 rings (SSSR count). The lowest BCUT2D eigenvalue weighted by Gasteiger charge is -2.09. The first kappa shape index (κ1) is 18.0. The van der Waals surface area contributed by atoms with Crippen molar-refractivity contribution < 1.29 is 19.4 Å². The zero-order valence-corrected chi connectivity index (χ0v) is 15.0. The van der Waals surface area contributed by atoms with Crippen molar-refractivity contribution in [2.45, 2.75) is 0 Å². The van der Waals surface area contributed by atoms with E-state index in [9.17, 15) is 14.7 Å². The SMILES string of the molecule is N#Cc1ccc(Cl)cc1NC(=O)COC(=O)c1cc(I)ccc1O. The van der Waals surface area contributed by atoms with Crippen molar-refractivity contribution in [3.8, 4) is 11.8 Å². The molecular weight excluding hydrogens is 447 g/mol. The van der Waals surface area contributed by atoms with Gasteiger partial charge in [0.1, 0.15) is 17.4 Å². The van der Waals surface area contributed by atoms with Gasteiger partial charge in [0.2, 0.25) is 0 Å². The summed E-state index contributed by atoms with van der Waals surface area (Å²) < 4.78 is 5.61. The van der Waals surface area contributed by atoms with Crippen molar-refractivity contribution in [3.63, 3.8) is 0 Å². The van der Waals surface area contributed by atoms with Gasteiger partial charge in [0.15, 0.2) is 6.61 Å². The Morgan fingerprint density at radius 2 is 2.04 bits per heavy atom. The number of carbonyl (C=O) groups is 2. The molecule has 0 aliphatic rings. The zero-order valence-electron chi connectivity index (χ0n) is 12.0. The van der Waals surface area contributed by atoms with E-state index >= 15 is 0 Å². The maximum absolute atomic E-state index is 11.9. The quantitative estimate of drug-likeness (QED) is 0.543. The van der Waals surface area contributed by atoms with Crippen molar-refractivity contribution in [3.05, 3.63) is 56.1 Å². The first-order valence-electron chi connectivity index (χ1n) is 6.56. The standard InChI is InChI=1S/C16H10ClIN2O4/c17-10-2-1-9(7-19)13(5-10)20-15(22)8-24-16(23)12-6-11(18)3-4-14(12)21/h1-6,21H,8H2,(H,20,22). The van der Waals surface area contributed by atoms with Crippen LogP contribution in [0.2, 0.25) is 5.02 Å². The molecule has 0 spiro atoms. The number of hydrogen-bond donors (Lipinski definition) is 2. The van der Waals surface area contributed by atoms with E-state index in [1.165, 1.54) is 30.3 Å². The van der Waals surface area contributed by atoms with Crippen molar-refractivity contribution in [2.75, 3.05) is 11.9 Å². The van der Waals surface area contributed by atoms with Gasteiger partial charge in [0.05, 0.1) is 11.3 Å². The van der Waals surface area contributed by atoms with Gasteiger partial charge < -0.3 is 15.2 Å². The smallest absolute Gasteiger partial charge is 0.342 e. The molecule has 0 fully saturated rings. The van der Waals surface area contributed by atoms with Crippen LogP contribution in [0.25, 0.3) is 0 Å². The Morgan fingerprint density at radius 3 is 2.75 bits per heavy atom. The number of carbonyl (C=O) groups excluding carboxylic acids is 2. The Kier molecular flexibility index (Phi) is 6.00. The number of nitrogens with zero attached hydrogens (tertiary/aromatic N) is 1. The highest BCUT2D eigenvalue weighted by atomic mass is 127. The van der Waals surface area contributed by atoms with Crippen LogP contribution in [-0.2, 0) is 9.53 Å². The van der Waals surface area contributed by atoms with E-state index in [0.717, 1.165) is 3.57 Å². The molecule has 6 nitrogen and oxygen atoms in total. The molecule has 0 aliphatic heterocycles. The number of nitriles is 1. The highest BCUT2D eigenvalue weighted by Gasteiger charge is 2.15. The van der Waals surface area contributed by atoms with Crippen molar-refractivity contribution >= 4 is 51.8 Å². The molecule has 2 aromatic rings. The van der Waals surface area contributed by atoms with Crippen LogP contribution in [0.5, 0.6) is 5.75 Å². The molecule has 0 radical (unpaired) electrons. The topological polar surface area (TPSA) is 99.4 Å². The summed E-state index contributed by atoms with van der Waals surface area (Å²) >= 11 is 7.80. The lowest BCUT2D eigenvalue weighted by molar-refractivity contribution is -0.119. The number of aromatic hydroxyl groups is 1. The highest BCUT2D eigenvalue weighted by molar-refractivity contribution is 14.1. The van der Waals surface area contributed by atoms with Gasteiger partial charge in [0, 0.05) is 8.59 Å². The molecule has 122 valence electrons. The lowest BCUT2D eigenvalue weighted by Crippen LogP contribution is -2.21. The summed E-state index contributed by atoms with van der Waals surface area (Å²) in [7, 11) is 0. The third-order valence-corrected chi connectivity index (χ3v) is 3.80. The molecule has 0 aromatic heterocycles. The summed E-state index contributed by atoms with van der Waals surface area (Å²) in [6.45, 7) is -0.568. The van der Waals surface area contributed by atoms with Crippen LogP contribution >= 0.6 is 34.2 Å². The Bertz CT molecular complexity index is 848. The van der Waals surface area contributed by atoms with E-state index in [2.05, 4.69) is 5.32 Å². The first-order chi connectivity index (χ1) is 11.4. The summed E-state index contributed by atoms with van der Waals surface area (Å²) in [5.41, 5.74) is 0.424. The van der Waals surface area contributed by atoms with Crippen molar-refractivity contribution in [1.29, 1.82) is 5.26 Å². The molecule has 0 saturated carbocycles. The van der Waals surface area contributed by atoms with E-state index in [4.69, 9.17) is 21.6 Å². The second-order valence-electron chi connectivity index (χ2n) is 4.59. The number of halogens is 2. The summed E-state index contributed by atoms with van der Waals surface area (Å²) in [6, 6.07) is 10.8. The molecule has 8 heteroatoms. The fraction of sp³-hybridized carbons (Fsp3) is 0.0625. The number of amides is 1. The Balaban J connectivity index is 2.01. The second-order valence-corrected chi connectivity index (χ2v) is 6.27. The minimum atomic E-state index is -0.826. The predicted molar refractivity (Wildman–Crippen MR) is 95.9 cm³/mol. The van der Waals surface area contributed by atoms with E-state index in [1.54, 1.807) is 6.07 Å². The summed E-state index contributed by atoms with van der Waals surface area (Å²) in [5.74, 6) is -1.69. The third-order valence-electron chi connectivity index (χ3n) is 2.89. The number of phenols is 1. The van der Waals surface area contributed by atoms with E-state index in [1.807, 2.05) is 28.7 Å². The van der Waals surface area contributed by atoms with Crippen LogP contribution in [0.1, 0.15) is 15.9 Å². The minimum Gasteiger partial charge on any atom is -0.507 e. The maximum atomic E-state index is 11.9. The maximum Gasteiger partial charge on any atom is 0.342 e. The number of rotatable bonds is 4. The number of hydrogen-bond acceptors (Lipinski definition) is 5. The Labute approximate surface area is 156 Å². The van der Waals surface area contributed by atoms with Gasteiger partial charge in [-0.3, -0.25) is 4.79 Å². The normalized spacial score (nSPS) is 9.88. The van der Waals surface area contributed by atoms with E-state index in [0.29, 0.717) is 5.02 Å². The molecule has 2 aromatic carbocycles. The van der Waals surface area contributed by atoms with Crippen LogP contribution < -0.4 is 5.32 Å². The fourth-order valence-electron chi connectivity index (χ4n) is 1.78. The monoisotopic (exact) mass is 456 g/mol. The fourth-order valence-corrected chi connectivity index (χ4v) is 2.45. The van der Waals surface area contributed by atoms with Crippen LogP contribution in [0.3, 0.4) is 0 Å². The molecule has 24 heavy (non-hydrogen) atoms. The van der Waals surface area contributed by atoms with Crippen LogP contribution in [0.15, 0.2) is 36.4 Å². The van der Waals surface area contributed by atoms with Gasteiger partial charge in [-0.25, -0.2) is 4.79 Å². The Morgan fingerprint density at radius 1 is 1.29 bits per heavy atom. The van der Waals surface area contributed by atoms with Crippen LogP contribution in [-0.4, -0.2) is 23.6 Å². The predicted octanol–water partition coefficient (Wildman–Crippen LogP) is 3.32. The molecule has 0 saturated heterocycles. The average molecular weight is 457 g/mol. The Hall–Kier alpha value is -2.31. The minimum absolute atomic E-state index is 0.0323. The molecule has 1 amide bonds. The summed E-state index contributed by atoms with van der Waals surface area (Å²) in [5, 5.41) is 21.4. The molecule has 0 unspecified atom stereocenters. The molecule has 0 heterocycles. The molecule has 0 bridgehead atoms. The number of phenolic OH excluding ortho intramolecular Hbond substituents is 1. The van der Waals surface area contributed by atoms with Crippen LogP contribution in [0.4, 0.5) is 5.69 Å². The van der Waals surface area contributed by atoms with E-state index in [-0.39, 0.29) is 22.6 Å². The van der Waals surface area contributed by atoms with Crippen molar-refractivity contribution in [1.82, 2.24) is 0 Å². The zero-order chi connectivity index (χ0) is 17.7. The van der Waals surface area contributed by atoms with Gasteiger partial charge in [0.25, 0.3) is 5.91 Å². The van der Waals surface area contributed by atoms with Gasteiger partial charge in [-0.05, 0) is 59.0 Å². The highest BCUT2D eigenvalue weighted by Crippen LogP contribution is 2.21. The number of nitrogens with one attached hydrogen (secondary N) is 1. The third kappa shape index (κ3) is 4.59. The van der Waals surface area contributed by atoms with Gasteiger partial charge >= 0.3 is 5.97 Å². The number of esters is 1. The van der Waals surface area contributed by atoms with Crippen molar-refractivity contribution in [2.24, 2.45) is 0 Å². The van der Waals surface area contributed by atoms with Gasteiger partial charge in [-0.15, -0.1) is 0 Å². The molecular formula is C16H10ClIN2O4. The summed E-state index contributed by atoms with van der Waals surface area (Å²) in [4.78, 5) is 23.8. The van der Waals surface area contributed by atoms with Gasteiger partial charge in [-0.2, -0.15) is 5.26 Å². The van der Waals surface area contributed by atoms with Crippen LogP contribution in [0, 0.1) is 14.9 Å². The number of benzene rings is 2. The second kappa shape index (κ2) is 7.99. The molecule has 2 N–H and O–H groups in total. The van der Waals surface area contributed by atoms with Gasteiger partial charge in [-0.1, -0.05) is 11.6 Å². The lowest BCUT2D eigenvalue weighted by atomic mass is 10.2. The number of anilines is 1.